The molecule has 0 aliphatic carbocycles. The van der Waals surface area contributed by atoms with E-state index < -0.39 is 24.5 Å². The highest BCUT2D eigenvalue weighted by Crippen LogP contribution is 2.21. The number of aromatic nitrogens is 1. The molecule has 17 heavy (non-hydrogen) atoms. The number of halogens is 4. The number of hydrogen-bond acceptors (Lipinski definition) is 3. The molecule has 1 rings (SSSR count). The molecular weight excluding hydrogens is 240 g/mol. The van der Waals surface area contributed by atoms with Crippen LogP contribution in [0.15, 0.2) is 12.3 Å². The zero-order valence-electron chi connectivity index (χ0n) is 9.14. The van der Waals surface area contributed by atoms with E-state index in [1.54, 1.807) is 0 Å². The fourth-order valence-electron chi connectivity index (χ4n) is 1.11. The molecule has 0 atom stereocenters. The molecule has 0 amide bonds. The van der Waals surface area contributed by atoms with Crippen LogP contribution in [0, 0.1) is 5.82 Å². The van der Waals surface area contributed by atoms with Crippen molar-refractivity contribution in [2.24, 2.45) is 0 Å². The third-order valence-electron chi connectivity index (χ3n) is 1.88. The number of ether oxygens (including phenoxy) is 1. The quantitative estimate of drug-likeness (QED) is 0.816. The van der Waals surface area contributed by atoms with Crippen LogP contribution in [0.1, 0.15) is 12.5 Å². The van der Waals surface area contributed by atoms with E-state index in [-0.39, 0.29) is 12.1 Å². The molecule has 0 saturated carbocycles. The summed E-state index contributed by atoms with van der Waals surface area (Å²) in [5.74, 6) is -1.49. The first-order valence-corrected chi connectivity index (χ1v) is 4.97. The van der Waals surface area contributed by atoms with Crippen LogP contribution in [0.4, 0.5) is 17.6 Å². The molecule has 7 heteroatoms. The van der Waals surface area contributed by atoms with E-state index in [9.17, 15) is 17.6 Å². The summed E-state index contributed by atoms with van der Waals surface area (Å²) in [6, 6.07) is 1.39. The van der Waals surface area contributed by atoms with Crippen LogP contribution in [0.3, 0.4) is 0 Å². The van der Waals surface area contributed by atoms with E-state index >= 15 is 0 Å². The van der Waals surface area contributed by atoms with Crippen LogP contribution in [-0.4, -0.2) is 24.3 Å². The number of pyridine rings is 1. The van der Waals surface area contributed by atoms with Gasteiger partial charge in [-0.1, -0.05) is 6.92 Å². The first kappa shape index (κ1) is 13.7. The van der Waals surface area contributed by atoms with Gasteiger partial charge in [-0.25, -0.2) is 9.37 Å². The predicted molar refractivity (Wildman–Crippen MR) is 53.1 cm³/mol. The van der Waals surface area contributed by atoms with Crippen LogP contribution in [0.2, 0.25) is 0 Å². The fourth-order valence-corrected chi connectivity index (χ4v) is 1.11. The third-order valence-corrected chi connectivity index (χ3v) is 1.88. The number of hydrogen-bond donors (Lipinski definition) is 1. The molecule has 3 nitrogen and oxygen atoms in total. The predicted octanol–water partition coefficient (Wildman–Crippen LogP) is 2.27. The van der Waals surface area contributed by atoms with Crippen molar-refractivity contribution in [3.63, 3.8) is 0 Å². The Morgan fingerprint density at radius 1 is 1.41 bits per heavy atom. The zero-order chi connectivity index (χ0) is 12.9. The molecule has 0 unspecified atom stereocenters. The van der Waals surface area contributed by atoms with Gasteiger partial charge < -0.3 is 10.1 Å². The van der Waals surface area contributed by atoms with Gasteiger partial charge in [0.15, 0.2) is 12.4 Å². The summed E-state index contributed by atoms with van der Waals surface area (Å²) in [4.78, 5) is 3.43. The molecule has 0 spiro atoms. The highest BCUT2D eigenvalue weighted by atomic mass is 19.4. The van der Waals surface area contributed by atoms with Crippen molar-refractivity contribution in [2.45, 2.75) is 19.6 Å². The number of nitrogens with one attached hydrogen (secondary N) is 1. The van der Waals surface area contributed by atoms with Gasteiger partial charge in [-0.2, -0.15) is 13.2 Å². The maximum atomic E-state index is 13.6. The topological polar surface area (TPSA) is 34.2 Å². The lowest BCUT2D eigenvalue weighted by atomic mass is 10.2. The molecule has 0 saturated heterocycles. The first-order chi connectivity index (χ1) is 7.94. The lowest BCUT2D eigenvalue weighted by molar-refractivity contribution is -0.154. The Kier molecular flexibility index (Phi) is 4.68. The van der Waals surface area contributed by atoms with Gasteiger partial charge in [0, 0.05) is 18.3 Å². The van der Waals surface area contributed by atoms with Gasteiger partial charge in [-0.15, -0.1) is 0 Å². The second-order valence-corrected chi connectivity index (χ2v) is 3.27. The third kappa shape index (κ3) is 4.56. The maximum Gasteiger partial charge on any atom is 0.422 e. The highest BCUT2D eigenvalue weighted by Gasteiger charge is 2.29. The van der Waals surface area contributed by atoms with Crippen molar-refractivity contribution in [1.29, 1.82) is 0 Å². The fraction of sp³-hybridized carbons (Fsp3) is 0.500. The molecule has 0 bridgehead atoms. The molecule has 1 N–H and O–H groups in total. The molecule has 0 aromatic carbocycles. The molecule has 0 aliphatic heterocycles. The summed E-state index contributed by atoms with van der Waals surface area (Å²) in [5.41, 5.74) is 0.221. The van der Waals surface area contributed by atoms with Crippen molar-refractivity contribution < 1.29 is 22.3 Å². The van der Waals surface area contributed by atoms with Gasteiger partial charge in [0.05, 0.1) is 0 Å². The van der Waals surface area contributed by atoms with Crippen LogP contribution in [0.25, 0.3) is 0 Å². The second-order valence-electron chi connectivity index (χ2n) is 3.27. The monoisotopic (exact) mass is 252 g/mol. The Labute approximate surface area is 95.8 Å². The Morgan fingerprint density at radius 3 is 2.71 bits per heavy atom. The summed E-state index contributed by atoms with van der Waals surface area (Å²) < 4.78 is 53.5. The minimum Gasteiger partial charge on any atom is -0.466 e. The smallest absolute Gasteiger partial charge is 0.422 e. The molecule has 0 fully saturated rings. The largest absolute Gasteiger partial charge is 0.466 e. The van der Waals surface area contributed by atoms with Crippen LogP contribution in [-0.2, 0) is 6.54 Å². The lowest BCUT2D eigenvalue weighted by Crippen LogP contribution is -2.21. The van der Waals surface area contributed by atoms with Gasteiger partial charge in [0.1, 0.15) is 0 Å². The van der Waals surface area contributed by atoms with Gasteiger partial charge in [-0.05, 0) is 12.6 Å². The van der Waals surface area contributed by atoms with E-state index in [4.69, 9.17) is 0 Å². The minimum absolute atomic E-state index is 0.216. The van der Waals surface area contributed by atoms with Crippen LogP contribution >= 0.6 is 0 Å². The Hall–Kier alpha value is -1.37. The summed E-state index contributed by atoms with van der Waals surface area (Å²) in [6.45, 7) is 1.12. The first-order valence-electron chi connectivity index (χ1n) is 4.97. The van der Waals surface area contributed by atoms with E-state index in [0.29, 0.717) is 6.54 Å². The molecule has 1 aromatic heterocycles. The minimum atomic E-state index is -4.51. The summed E-state index contributed by atoms with van der Waals surface area (Å²) in [5, 5.41) is 2.86. The Bertz CT molecular complexity index is 368. The van der Waals surface area contributed by atoms with E-state index in [2.05, 4.69) is 15.0 Å². The Morgan fingerprint density at radius 2 is 2.12 bits per heavy atom. The average Bonchev–Trinajstić information content (AvgIpc) is 2.25. The number of nitrogens with zero attached hydrogens (tertiary/aromatic N) is 1. The van der Waals surface area contributed by atoms with Crippen LogP contribution in [0.5, 0.6) is 5.88 Å². The van der Waals surface area contributed by atoms with Gasteiger partial charge in [0.2, 0.25) is 0 Å². The second kappa shape index (κ2) is 5.81. The average molecular weight is 252 g/mol. The number of rotatable bonds is 5. The normalized spacial score (nSPS) is 11.6. The standard InChI is InChI=1S/C10H12F4N2O/c1-2-15-5-7-3-4-16-9(8(7)11)17-6-10(12,13)14/h3-4,15H,2,5-6H2,1H3. The molecular formula is C10H12F4N2O. The molecule has 0 radical (unpaired) electrons. The van der Waals surface area contributed by atoms with Crippen molar-refractivity contribution in [3.8, 4) is 5.88 Å². The maximum absolute atomic E-state index is 13.6. The highest BCUT2D eigenvalue weighted by molar-refractivity contribution is 5.23. The summed E-state index contributed by atoms with van der Waals surface area (Å²) in [7, 11) is 0. The van der Waals surface area contributed by atoms with Crippen molar-refractivity contribution in [1.82, 2.24) is 10.3 Å². The molecule has 1 aromatic rings. The van der Waals surface area contributed by atoms with Gasteiger partial charge >= 0.3 is 6.18 Å². The molecule has 0 aliphatic rings. The van der Waals surface area contributed by atoms with E-state index in [1.807, 2.05) is 6.92 Å². The number of alkyl halides is 3. The lowest BCUT2D eigenvalue weighted by Gasteiger charge is -2.10. The van der Waals surface area contributed by atoms with E-state index in [0.717, 1.165) is 0 Å². The Balaban J connectivity index is 2.72. The van der Waals surface area contributed by atoms with Crippen molar-refractivity contribution in [2.75, 3.05) is 13.2 Å². The molecule has 1 heterocycles. The van der Waals surface area contributed by atoms with E-state index in [1.165, 1.54) is 12.3 Å². The van der Waals surface area contributed by atoms with Gasteiger partial charge in [-0.3, -0.25) is 0 Å². The van der Waals surface area contributed by atoms with Crippen molar-refractivity contribution >= 4 is 0 Å². The SMILES string of the molecule is CCNCc1ccnc(OCC(F)(F)F)c1F. The van der Waals surface area contributed by atoms with Gasteiger partial charge in [0.25, 0.3) is 5.88 Å². The van der Waals surface area contributed by atoms with Crippen LogP contribution < -0.4 is 10.1 Å². The van der Waals surface area contributed by atoms with Crippen molar-refractivity contribution in [3.05, 3.63) is 23.6 Å². The zero-order valence-corrected chi connectivity index (χ0v) is 9.14. The molecule has 96 valence electrons. The summed E-state index contributed by atoms with van der Waals surface area (Å²) in [6.07, 6.45) is -3.30. The summed E-state index contributed by atoms with van der Waals surface area (Å²) >= 11 is 0.